The van der Waals surface area contributed by atoms with Crippen LogP contribution in [-0.2, 0) is 4.74 Å². The van der Waals surface area contributed by atoms with Crippen LogP contribution in [0.25, 0.3) is 0 Å². The van der Waals surface area contributed by atoms with Crippen molar-refractivity contribution < 1.29 is 9.53 Å². The summed E-state index contributed by atoms with van der Waals surface area (Å²) in [5.74, 6) is 0.520. The van der Waals surface area contributed by atoms with E-state index >= 15 is 0 Å². The largest absolute Gasteiger partial charge is 0.444 e. The number of hydrogen-bond donors (Lipinski definition) is 2. The molecule has 0 aliphatic heterocycles. The molecule has 1 saturated carbocycles. The molecule has 0 aromatic rings. The standard InChI is InChI=1S/C14H26N2O2/c1-10(9-15)11-5-7-12(8-6-11)16-13(17)18-14(2,3)4/h11-12H,1,5-9,15H2,2-4H3,(H,16,17). The molecule has 1 aliphatic rings. The van der Waals surface area contributed by atoms with Crippen LogP contribution in [0.3, 0.4) is 0 Å². The topological polar surface area (TPSA) is 64.3 Å². The molecule has 0 aromatic heterocycles. The van der Waals surface area contributed by atoms with E-state index in [0.29, 0.717) is 12.5 Å². The highest BCUT2D eigenvalue weighted by atomic mass is 16.6. The van der Waals surface area contributed by atoms with Gasteiger partial charge in [0, 0.05) is 12.6 Å². The molecule has 3 N–H and O–H groups in total. The molecule has 0 spiro atoms. The third kappa shape index (κ3) is 5.08. The first-order valence-electron chi connectivity index (χ1n) is 6.69. The van der Waals surface area contributed by atoms with Gasteiger partial charge in [-0.05, 0) is 52.4 Å². The molecule has 0 atom stereocenters. The van der Waals surface area contributed by atoms with Crippen LogP contribution in [0.5, 0.6) is 0 Å². The minimum absolute atomic E-state index is 0.224. The summed E-state index contributed by atoms with van der Waals surface area (Å²) in [6.07, 6.45) is 3.74. The normalized spacial score (nSPS) is 24.4. The molecule has 1 aliphatic carbocycles. The predicted molar refractivity (Wildman–Crippen MR) is 73.3 cm³/mol. The third-order valence-electron chi connectivity index (χ3n) is 3.29. The van der Waals surface area contributed by atoms with E-state index in [4.69, 9.17) is 10.5 Å². The van der Waals surface area contributed by atoms with Gasteiger partial charge in [0.15, 0.2) is 0 Å². The first-order chi connectivity index (χ1) is 8.31. The average molecular weight is 254 g/mol. The Hall–Kier alpha value is -1.03. The fraction of sp³-hybridized carbons (Fsp3) is 0.786. The second kappa shape index (κ2) is 6.23. The molecule has 0 heterocycles. The van der Waals surface area contributed by atoms with Gasteiger partial charge < -0.3 is 15.8 Å². The maximum absolute atomic E-state index is 11.6. The van der Waals surface area contributed by atoms with Crippen molar-refractivity contribution in [3.05, 3.63) is 12.2 Å². The van der Waals surface area contributed by atoms with Crippen LogP contribution in [0.4, 0.5) is 4.79 Å². The van der Waals surface area contributed by atoms with Crippen LogP contribution in [-0.4, -0.2) is 24.3 Å². The molecule has 1 rings (SSSR count). The van der Waals surface area contributed by atoms with E-state index in [2.05, 4.69) is 11.9 Å². The van der Waals surface area contributed by atoms with Gasteiger partial charge in [0.1, 0.15) is 5.60 Å². The zero-order valence-electron chi connectivity index (χ0n) is 11.8. The van der Waals surface area contributed by atoms with E-state index in [9.17, 15) is 4.79 Å². The number of nitrogens with one attached hydrogen (secondary N) is 1. The van der Waals surface area contributed by atoms with Gasteiger partial charge in [-0.2, -0.15) is 0 Å². The number of carbonyl (C=O) groups is 1. The predicted octanol–water partition coefficient (Wildman–Crippen LogP) is 2.58. The monoisotopic (exact) mass is 254 g/mol. The Morgan fingerprint density at radius 1 is 1.33 bits per heavy atom. The SMILES string of the molecule is C=C(CN)C1CCC(NC(=O)OC(C)(C)C)CC1. The number of amides is 1. The fourth-order valence-electron chi connectivity index (χ4n) is 2.29. The summed E-state index contributed by atoms with van der Waals surface area (Å²) < 4.78 is 5.25. The van der Waals surface area contributed by atoms with Gasteiger partial charge in [-0.25, -0.2) is 4.79 Å². The molecular formula is C14H26N2O2. The summed E-state index contributed by atoms with van der Waals surface area (Å²) in [5.41, 5.74) is 6.29. The molecule has 4 nitrogen and oxygen atoms in total. The molecule has 1 fully saturated rings. The Balaban J connectivity index is 2.31. The van der Waals surface area contributed by atoms with E-state index in [1.165, 1.54) is 0 Å². The Morgan fingerprint density at radius 3 is 2.33 bits per heavy atom. The lowest BCUT2D eigenvalue weighted by atomic mass is 9.82. The quantitative estimate of drug-likeness (QED) is 0.761. The second-order valence-corrected chi connectivity index (χ2v) is 6.06. The van der Waals surface area contributed by atoms with E-state index in [0.717, 1.165) is 31.3 Å². The van der Waals surface area contributed by atoms with Crippen molar-refractivity contribution in [1.82, 2.24) is 5.32 Å². The number of rotatable bonds is 3. The van der Waals surface area contributed by atoms with Crippen LogP contribution < -0.4 is 11.1 Å². The van der Waals surface area contributed by atoms with Gasteiger partial charge in [-0.15, -0.1) is 0 Å². The number of carbonyl (C=O) groups excluding carboxylic acids is 1. The van der Waals surface area contributed by atoms with Crippen molar-refractivity contribution >= 4 is 6.09 Å². The van der Waals surface area contributed by atoms with Crippen LogP contribution in [0.1, 0.15) is 46.5 Å². The Bertz CT molecular complexity index is 299. The minimum Gasteiger partial charge on any atom is -0.444 e. The van der Waals surface area contributed by atoms with Crippen molar-refractivity contribution in [2.24, 2.45) is 11.7 Å². The van der Waals surface area contributed by atoms with Gasteiger partial charge in [-0.3, -0.25) is 0 Å². The van der Waals surface area contributed by atoms with Crippen molar-refractivity contribution in [3.63, 3.8) is 0 Å². The lowest BCUT2D eigenvalue weighted by molar-refractivity contribution is 0.0489. The molecule has 0 unspecified atom stereocenters. The van der Waals surface area contributed by atoms with E-state index in [1.807, 2.05) is 20.8 Å². The highest BCUT2D eigenvalue weighted by Gasteiger charge is 2.25. The van der Waals surface area contributed by atoms with Crippen molar-refractivity contribution in [2.45, 2.75) is 58.1 Å². The van der Waals surface area contributed by atoms with Gasteiger partial charge in [-0.1, -0.05) is 12.2 Å². The minimum atomic E-state index is -0.435. The van der Waals surface area contributed by atoms with E-state index < -0.39 is 5.60 Å². The maximum atomic E-state index is 11.6. The summed E-state index contributed by atoms with van der Waals surface area (Å²) in [4.78, 5) is 11.6. The first kappa shape index (κ1) is 15.0. The van der Waals surface area contributed by atoms with Crippen LogP contribution >= 0.6 is 0 Å². The molecule has 0 saturated heterocycles. The maximum Gasteiger partial charge on any atom is 0.407 e. The van der Waals surface area contributed by atoms with E-state index in [1.54, 1.807) is 0 Å². The molecule has 104 valence electrons. The summed E-state index contributed by atoms with van der Waals surface area (Å²) in [7, 11) is 0. The van der Waals surface area contributed by atoms with Gasteiger partial charge in [0.2, 0.25) is 0 Å². The second-order valence-electron chi connectivity index (χ2n) is 6.06. The van der Waals surface area contributed by atoms with Gasteiger partial charge in [0.25, 0.3) is 0 Å². The van der Waals surface area contributed by atoms with E-state index in [-0.39, 0.29) is 12.1 Å². The lowest BCUT2D eigenvalue weighted by Crippen LogP contribution is -2.41. The lowest BCUT2D eigenvalue weighted by Gasteiger charge is -2.30. The zero-order chi connectivity index (χ0) is 13.8. The van der Waals surface area contributed by atoms with Crippen molar-refractivity contribution in [1.29, 1.82) is 0 Å². The highest BCUT2D eigenvalue weighted by molar-refractivity contribution is 5.68. The molecule has 0 bridgehead atoms. The first-order valence-corrected chi connectivity index (χ1v) is 6.69. The fourth-order valence-corrected chi connectivity index (χ4v) is 2.29. The number of hydrogen-bond acceptors (Lipinski definition) is 3. The Kier molecular flexibility index (Phi) is 5.20. The molecule has 1 amide bonds. The third-order valence-corrected chi connectivity index (χ3v) is 3.29. The highest BCUT2D eigenvalue weighted by Crippen LogP contribution is 2.28. The molecule has 0 aromatic carbocycles. The van der Waals surface area contributed by atoms with Gasteiger partial charge in [0.05, 0.1) is 0 Å². The van der Waals surface area contributed by atoms with Crippen LogP contribution in [0.15, 0.2) is 12.2 Å². The number of ether oxygens (including phenoxy) is 1. The summed E-state index contributed by atoms with van der Waals surface area (Å²) >= 11 is 0. The zero-order valence-corrected chi connectivity index (χ0v) is 11.8. The Labute approximate surface area is 110 Å². The van der Waals surface area contributed by atoms with Crippen LogP contribution in [0.2, 0.25) is 0 Å². The summed E-state index contributed by atoms with van der Waals surface area (Å²) in [6, 6.07) is 0.224. The number of alkyl carbamates (subject to hydrolysis) is 1. The molecule has 0 radical (unpaired) electrons. The molecular weight excluding hydrogens is 228 g/mol. The average Bonchev–Trinajstić information content (AvgIpc) is 2.26. The van der Waals surface area contributed by atoms with Gasteiger partial charge >= 0.3 is 6.09 Å². The molecule has 18 heavy (non-hydrogen) atoms. The smallest absolute Gasteiger partial charge is 0.407 e. The number of nitrogens with two attached hydrogens (primary N) is 1. The van der Waals surface area contributed by atoms with Crippen LogP contribution in [0, 0.1) is 5.92 Å². The van der Waals surface area contributed by atoms with Crippen molar-refractivity contribution in [3.8, 4) is 0 Å². The summed E-state index contributed by atoms with van der Waals surface area (Å²) in [6.45, 7) is 10.2. The molecule has 4 heteroatoms. The summed E-state index contributed by atoms with van der Waals surface area (Å²) in [5, 5.41) is 2.93. The van der Waals surface area contributed by atoms with Crippen molar-refractivity contribution in [2.75, 3.05) is 6.54 Å². The Morgan fingerprint density at radius 2 is 1.89 bits per heavy atom.